The highest BCUT2D eigenvalue weighted by molar-refractivity contribution is 5.89. The third-order valence-corrected chi connectivity index (χ3v) is 13.0. The lowest BCUT2D eigenvalue weighted by Gasteiger charge is -2.61. The predicted molar refractivity (Wildman–Crippen MR) is 185 cm³/mol. The van der Waals surface area contributed by atoms with E-state index >= 15 is 0 Å². The molecule has 2 aromatic rings. The van der Waals surface area contributed by atoms with Gasteiger partial charge in [-0.05, 0) is 110 Å². The largest absolute Gasteiger partial charge is 0.445 e. The van der Waals surface area contributed by atoms with Gasteiger partial charge in [0.05, 0.1) is 6.54 Å². The predicted octanol–water partition coefficient (Wildman–Crippen LogP) is 6.37. The van der Waals surface area contributed by atoms with E-state index in [-0.39, 0.29) is 48.3 Å². The summed E-state index contributed by atoms with van der Waals surface area (Å²) in [4.78, 5) is 51.6. The molecule has 0 bridgehead atoms. The van der Waals surface area contributed by atoms with Gasteiger partial charge in [0.25, 0.3) is 0 Å². The summed E-state index contributed by atoms with van der Waals surface area (Å²) < 4.78 is 5.37. The van der Waals surface area contributed by atoms with Crippen LogP contribution in [0.2, 0.25) is 0 Å². The molecule has 4 aliphatic carbocycles. The van der Waals surface area contributed by atoms with Crippen LogP contribution in [0.1, 0.15) is 89.7 Å². The minimum atomic E-state index is -0.892. The first kappa shape index (κ1) is 34.2. The molecule has 2 aromatic carbocycles. The van der Waals surface area contributed by atoms with E-state index in [0.717, 1.165) is 43.2 Å². The Kier molecular flexibility index (Phi) is 10.3. The molecule has 0 saturated heterocycles. The maximum absolute atomic E-state index is 13.3. The van der Waals surface area contributed by atoms with Crippen molar-refractivity contribution in [2.24, 2.45) is 40.4 Å². The van der Waals surface area contributed by atoms with E-state index in [1.807, 2.05) is 60.7 Å². The summed E-state index contributed by atoms with van der Waals surface area (Å²) in [5, 5.41) is 8.69. The summed E-state index contributed by atoms with van der Waals surface area (Å²) in [6.45, 7) is 6.67. The molecule has 0 heterocycles. The Hall–Kier alpha value is -3.68. The van der Waals surface area contributed by atoms with E-state index in [1.165, 1.54) is 25.7 Å². The quantitative estimate of drug-likeness (QED) is 0.275. The van der Waals surface area contributed by atoms with Crippen molar-refractivity contribution >= 4 is 23.7 Å². The number of Topliss-reactive ketones (excluding diaryl/α,β-unsaturated/α-hetero) is 1. The highest BCUT2D eigenvalue weighted by Gasteiger charge is 2.60. The summed E-state index contributed by atoms with van der Waals surface area (Å²) in [6.07, 6.45) is 9.66. The number of carbonyl (C=O) groups excluding carboxylic acids is 4. The highest BCUT2D eigenvalue weighted by Crippen LogP contribution is 2.67. The molecule has 6 rings (SSSR count). The Balaban J connectivity index is 1.00. The molecular formula is C40H53N3O5. The molecule has 4 fully saturated rings. The van der Waals surface area contributed by atoms with Crippen molar-refractivity contribution in [3.63, 3.8) is 0 Å². The van der Waals surface area contributed by atoms with Crippen LogP contribution in [0.5, 0.6) is 0 Å². The number of carbonyl (C=O) groups is 4. The van der Waals surface area contributed by atoms with Gasteiger partial charge in [0.2, 0.25) is 11.8 Å². The molecule has 0 aliphatic heterocycles. The summed E-state index contributed by atoms with van der Waals surface area (Å²) in [6, 6.07) is 18.0. The molecular weight excluding hydrogens is 602 g/mol. The topological polar surface area (TPSA) is 114 Å². The molecule has 48 heavy (non-hydrogen) atoms. The molecule has 4 saturated carbocycles. The van der Waals surface area contributed by atoms with Gasteiger partial charge in [0.15, 0.2) is 0 Å². The van der Waals surface area contributed by atoms with Crippen molar-refractivity contribution in [1.82, 2.24) is 16.0 Å². The molecule has 3 N–H and O–H groups in total. The number of nitrogens with one attached hydrogen (secondary N) is 3. The zero-order chi connectivity index (χ0) is 33.9. The van der Waals surface area contributed by atoms with Crippen molar-refractivity contribution in [2.75, 3.05) is 6.54 Å². The van der Waals surface area contributed by atoms with E-state index in [2.05, 4.69) is 29.8 Å². The zero-order valence-corrected chi connectivity index (χ0v) is 28.8. The molecule has 8 heteroatoms. The fraction of sp³-hybridized carbons (Fsp3) is 0.600. The second-order valence-electron chi connectivity index (χ2n) is 15.6. The maximum atomic E-state index is 13.3. The Morgan fingerprint density at radius 1 is 0.812 bits per heavy atom. The fourth-order valence-electron chi connectivity index (χ4n) is 10.6. The van der Waals surface area contributed by atoms with E-state index in [1.54, 1.807) is 6.92 Å². The SMILES string of the molecule is CC(=O)C1CCC2C3CCC4CC(NC(=O)CNC(=O)C(Cc5ccccc5)NC(=O)OCc5ccccc5)CCC4(C)C3CCC12C. The lowest BCUT2D eigenvalue weighted by molar-refractivity contribution is -0.136. The number of alkyl carbamates (subject to hydrolysis) is 1. The van der Waals surface area contributed by atoms with Crippen molar-refractivity contribution in [3.05, 3.63) is 71.8 Å². The van der Waals surface area contributed by atoms with Crippen LogP contribution in [-0.4, -0.2) is 42.3 Å². The van der Waals surface area contributed by atoms with Crippen molar-refractivity contribution < 1.29 is 23.9 Å². The first-order valence-corrected chi connectivity index (χ1v) is 18.2. The second kappa shape index (κ2) is 14.4. The summed E-state index contributed by atoms with van der Waals surface area (Å²) in [7, 11) is 0. The molecule has 9 unspecified atom stereocenters. The third kappa shape index (κ3) is 7.18. The summed E-state index contributed by atoms with van der Waals surface area (Å²) in [5.74, 6) is 2.63. The maximum Gasteiger partial charge on any atom is 0.408 e. The molecule has 0 spiro atoms. The molecule has 9 atom stereocenters. The van der Waals surface area contributed by atoms with Crippen LogP contribution < -0.4 is 16.0 Å². The number of hydrogen-bond donors (Lipinski definition) is 3. The number of amides is 3. The van der Waals surface area contributed by atoms with Crippen LogP contribution in [0.3, 0.4) is 0 Å². The van der Waals surface area contributed by atoms with Gasteiger partial charge >= 0.3 is 6.09 Å². The van der Waals surface area contributed by atoms with Gasteiger partial charge < -0.3 is 20.7 Å². The van der Waals surface area contributed by atoms with Crippen LogP contribution in [0.15, 0.2) is 60.7 Å². The average molecular weight is 656 g/mol. The number of fused-ring (bicyclic) bond motifs is 5. The van der Waals surface area contributed by atoms with Crippen LogP contribution in [0, 0.1) is 40.4 Å². The molecule has 3 amide bonds. The Bertz CT molecular complexity index is 1470. The number of ketones is 1. The fourth-order valence-corrected chi connectivity index (χ4v) is 10.6. The Morgan fingerprint density at radius 2 is 1.48 bits per heavy atom. The van der Waals surface area contributed by atoms with Crippen molar-refractivity contribution in [2.45, 2.75) is 104 Å². The van der Waals surface area contributed by atoms with E-state index in [0.29, 0.717) is 29.5 Å². The van der Waals surface area contributed by atoms with Crippen molar-refractivity contribution in [3.8, 4) is 0 Å². The monoisotopic (exact) mass is 655 g/mol. The first-order valence-electron chi connectivity index (χ1n) is 18.2. The average Bonchev–Trinajstić information content (AvgIpc) is 3.45. The van der Waals surface area contributed by atoms with Gasteiger partial charge in [0, 0.05) is 18.4 Å². The smallest absolute Gasteiger partial charge is 0.408 e. The van der Waals surface area contributed by atoms with E-state index in [9.17, 15) is 19.2 Å². The molecule has 0 radical (unpaired) electrons. The lowest BCUT2D eigenvalue weighted by Crippen LogP contribution is -2.56. The van der Waals surface area contributed by atoms with Gasteiger partial charge in [-0.2, -0.15) is 0 Å². The molecule has 8 nitrogen and oxygen atoms in total. The molecule has 4 aliphatic rings. The number of ether oxygens (including phenoxy) is 1. The zero-order valence-electron chi connectivity index (χ0n) is 28.8. The van der Waals surface area contributed by atoms with Crippen LogP contribution >= 0.6 is 0 Å². The third-order valence-electron chi connectivity index (χ3n) is 13.0. The standard InChI is InChI=1S/C40H53N3O5/c1-26(44)32-16-17-33-31-15-14-29-23-30(18-20-39(29,2)34(31)19-21-40(32,33)3)42-36(45)24-41-37(46)35(22-27-10-6-4-7-11-27)43-38(47)48-25-28-12-8-5-9-13-28/h4-13,29-35H,14-25H2,1-3H3,(H,41,46)(H,42,45)(H,43,47). The van der Waals surface area contributed by atoms with E-state index in [4.69, 9.17) is 4.74 Å². The van der Waals surface area contributed by atoms with Crippen molar-refractivity contribution in [1.29, 1.82) is 0 Å². The Labute approximate surface area is 285 Å². The second-order valence-corrected chi connectivity index (χ2v) is 15.6. The molecule has 258 valence electrons. The first-order chi connectivity index (χ1) is 23.1. The van der Waals surface area contributed by atoms with Crippen LogP contribution in [-0.2, 0) is 32.1 Å². The number of rotatable bonds is 10. The van der Waals surface area contributed by atoms with Gasteiger partial charge in [0.1, 0.15) is 18.4 Å². The minimum absolute atomic E-state index is 0.0951. The minimum Gasteiger partial charge on any atom is -0.445 e. The van der Waals surface area contributed by atoms with Crippen LogP contribution in [0.25, 0.3) is 0 Å². The number of hydrogen-bond acceptors (Lipinski definition) is 5. The van der Waals surface area contributed by atoms with Gasteiger partial charge in [-0.3, -0.25) is 14.4 Å². The van der Waals surface area contributed by atoms with Crippen LogP contribution in [0.4, 0.5) is 4.79 Å². The lowest BCUT2D eigenvalue weighted by atomic mass is 9.44. The number of benzene rings is 2. The summed E-state index contributed by atoms with van der Waals surface area (Å²) >= 11 is 0. The van der Waals surface area contributed by atoms with Gasteiger partial charge in [-0.15, -0.1) is 0 Å². The van der Waals surface area contributed by atoms with Gasteiger partial charge in [-0.1, -0.05) is 74.5 Å². The summed E-state index contributed by atoms with van der Waals surface area (Å²) in [5.41, 5.74) is 2.19. The normalized spacial score (nSPS) is 32.8. The molecule has 0 aromatic heterocycles. The van der Waals surface area contributed by atoms with Gasteiger partial charge in [-0.25, -0.2) is 4.79 Å². The van der Waals surface area contributed by atoms with E-state index < -0.39 is 18.0 Å². The highest BCUT2D eigenvalue weighted by atomic mass is 16.5. The Morgan fingerprint density at radius 3 is 2.19 bits per heavy atom.